The van der Waals surface area contributed by atoms with E-state index in [2.05, 4.69) is 10.3 Å². The van der Waals surface area contributed by atoms with Crippen LogP contribution in [0.15, 0.2) is 34.9 Å². The van der Waals surface area contributed by atoms with Gasteiger partial charge in [0, 0.05) is 26.6 Å². The molecule has 1 N–H and O–H groups in total. The molecule has 2 rings (SSSR count). The molecule has 0 aliphatic heterocycles. The average molecular weight is 349 g/mol. The van der Waals surface area contributed by atoms with Crippen molar-refractivity contribution in [2.75, 3.05) is 14.1 Å². The van der Waals surface area contributed by atoms with E-state index in [0.29, 0.717) is 0 Å². The van der Waals surface area contributed by atoms with Gasteiger partial charge in [-0.05, 0) is 19.1 Å². The van der Waals surface area contributed by atoms with E-state index in [0.717, 1.165) is 0 Å². The Kier molecular flexibility index (Phi) is 6.10. The van der Waals surface area contributed by atoms with Crippen molar-refractivity contribution in [3.8, 4) is 5.75 Å². The molecule has 0 saturated heterocycles. The van der Waals surface area contributed by atoms with Gasteiger partial charge in [0.25, 0.3) is 5.91 Å². The van der Waals surface area contributed by atoms with Crippen LogP contribution in [-0.2, 0) is 11.4 Å². The van der Waals surface area contributed by atoms with E-state index in [1.807, 2.05) is 0 Å². The highest BCUT2D eigenvalue weighted by atomic mass is 19.1. The Balaban J connectivity index is 1.96. The lowest BCUT2D eigenvalue weighted by molar-refractivity contribution is -0.121. The van der Waals surface area contributed by atoms with Crippen molar-refractivity contribution in [1.82, 2.24) is 15.2 Å². The third-order valence-corrected chi connectivity index (χ3v) is 3.70. The van der Waals surface area contributed by atoms with Gasteiger partial charge in [-0.15, -0.1) is 0 Å². The summed E-state index contributed by atoms with van der Waals surface area (Å²) in [6.45, 7) is 1.65. The predicted octanol–water partition coefficient (Wildman–Crippen LogP) is 1.99. The number of amides is 2. The van der Waals surface area contributed by atoms with Crippen LogP contribution in [-0.4, -0.2) is 41.8 Å². The second-order valence-corrected chi connectivity index (χ2v) is 5.49. The number of oxazole rings is 1. The van der Waals surface area contributed by atoms with Crippen molar-refractivity contribution in [3.63, 3.8) is 0 Å². The first-order valence-electron chi connectivity index (χ1n) is 7.71. The lowest BCUT2D eigenvalue weighted by Crippen LogP contribution is -2.38. The summed E-state index contributed by atoms with van der Waals surface area (Å²) in [5, 5.41) is 2.51. The number of carbonyl (C=O) groups excluding carboxylic acids is 2. The van der Waals surface area contributed by atoms with E-state index < -0.39 is 5.82 Å². The normalized spacial score (nSPS) is 11.7. The molecule has 0 unspecified atom stereocenters. The molecular formula is C17H20FN3O4. The molecule has 0 aliphatic rings. The fourth-order valence-electron chi connectivity index (χ4n) is 2.06. The van der Waals surface area contributed by atoms with E-state index in [-0.39, 0.29) is 48.2 Å². The van der Waals surface area contributed by atoms with E-state index in [9.17, 15) is 14.0 Å². The Bertz CT molecular complexity index is 747. The van der Waals surface area contributed by atoms with Gasteiger partial charge in [-0.1, -0.05) is 12.1 Å². The number of rotatable bonds is 7. The SMILES string of the molecule is CNC(=O)C[C@H](C)N(C)C(=O)c1coc(COc2ccccc2F)n1. The molecule has 1 aromatic carbocycles. The molecule has 2 aromatic rings. The maximum atomic E-state index is 13.5. The van der Waals surface area contributed by atoms with Gasteiger partial charge in [0.2, 0.25) is 11.8 Å². The number of nitrogens with one attached hydrogen (secondary N) is 1. The monoisotopic (exact) mass is 349 g/mol. The van der Waals surface area contributed by atoms with Gasteiger partial charge in [0.15, 0.2) is 23.9 Å². The number of benzene rings is 1. The van der Waals surface area contributed by atoms with Gasteiger partial charge in [-0.2, -0.15) is 0 Å². The van der Waals surface area contributed by atoms with Gasteiger partial charge in [-0.25, -0.2) is 9.37 Å². The third-order valence-electron chi connectivity index (χ3n) is 3.70. The number of para-hydroxylation sites is 1. The Labute approximate surface area is 144 Å². The van der Waals surface area contributed by atoms with Gasteiger partial charge >= 0.3 is 0 Å². The number of hydrogen-bond donors (Lipinski definition) is 1. The van der Waals surface area contributed by atoms with Crippen molar-refractivity contribution in [3.05, 3.63) is 47.9 Å². The Morgan fingerprint density at radius 3 is 2.80 bits per heavy atom. The fraction of sp³-hybridized carbons (Fsp3) is 0.353. The summed E-state index contributed by atoms with van der Waals surface area (Å²) in [6, 6.07) is 5.66. The van der Waals surface area contributed by atoms with Gasteiger partial charge in [0.05, 0.1) is 0 Å². The minimum Gasteiger partial charge on any atom is -0.481 e. The Hall–Kier alpha value is -2.90. The molecule has 25 heavy (non-hydrogen) atoms. The first-order chi connectivity index (χ1) is 11.9. The highest BCUT2D eigenvalue weighted by Crippen LogP contribution is 2.17. The average Bonchev–Trinajstić information content (AvgIpc) is 3.08. The lowest BCUT2D eigenvalue weighted by Gasteiger charge is -2.23. The van der Waals surface area contributed by atoms with Crippen LogP contribution in [0.25, 0.3) is 0 Å². The van der Waals surface area contributed by atoms with Crippen molar-refractivity contribution in [2.45, 2.75) is 26.0 Å². The predicted molar refractivity (Wildman–Crippen MR) is 87.5 cm³/mol. The quantitative estimate of drug-likeness (QED) is 0.826. The van der Waals surface area contributed by atoms with E-state index in [4.69, 9.17) is 9.15 Å². The molecule has 0 bridgehead atoms. The van der Waals surface area contributed by atoms with E-state index in [1.54, 1.807) is 26.1 Å². The zero-order chi connectivity index (χ0) is 18.4. The van der Waals surface area contributed by atoms with Crippen molar-refractivity contribution < 1.29 is 23.1 Å². The van der Waals surface area contributed by atoms with Crippen molar-refractivity contribution in [1.29, 1.82) is 0 Å². The molecule has 1 aromatic heterocycles. The molecule has 134 valence electrons. The van der Waals surface area contributed by atoms with Crippen molar-refractivity contribution >= 4 is 11.8 Å². The summed E-state index contributed by atoms with van der Waals surface area (Å²) in [7, 11) is 3.12. The standard InChI is InChI=1S/C17H20FN3O4/c1-11(8-15(22)19-2)21(3)17(23)13-9-25-16(20-13)10-24-14-7-5-4-6-12(14)18/h4-7,9,11H,8,10H2,1-3H3,(H,19,22)/t11-/m0/s1. The Morgan fingerprint density at radius 1 is 1.40 bits per heavy atom. The second kappa shape index (κ2) is 8.27. The van der Waals surface area contributed by atoms with Crippen LogP contribution >= 0.6 is 0 Å². The minimum absolute atomic E-state index is 0.0740. The van der Waals surface area contributed by atoms with Crippen molar-refractivity contribution in [2.24, 2.45) is 0 Å². The zero-order valence-corrected chi connectivity index (χ0v) is 14.3. The van der Waals surface area contributed by atoms with Crippen LogP contribution in [0.5, 0.6) is 5.75 Å². The number of nitrogens with zero attached hydrogens (tertiary/aromatic N) is 2. The summed E-state index contributed by atoms with van der Waals surface area (Å²) in [5.74, 6) is -0.805. The van der Waals surface area contributed by atoms with E-state index >= 15 is 0 Å². The zero-order valence-electron chi connectivity index (χ0n) is 14.3. The Morgan fingerprint density at radius 2 is 2.12 bits per heavy atom. The molecule has 1 heterocycles. The fourth-order valence-corrected chi connectivity index (χ4v) is 2.06. The molecule has 0 saturated carbocycles. The van der Waals surface area contributed by atoms with Crippen LogP contribution < -0.4 is 10.1 Å². The van der Waals surface area contributed by atoms with Crippen LogP contribution in [0.3, 0.4) is 0 Å². The summed E-state index contributed by atoms with van der Waals surface area (Å²) >= 11 is 0. The summed E-state index contributed by atoms with van der Waals surface area (Å²) in [6.07, 6.45) is 1.39. The topological polar surface area (TPSA) is 84.7 Å². The van der Waals surface area contributed by atoms with Gasteiger partial charge < -0.3 is 19.4 Å². The van der Waals surface area contributed by atoms with Crippen LogP contribution in [0, 0.1) is 5.82 Å². The van der Waals surface area contributed by atoms with Crippen LogP contribution in [0.2, 0.25) is 0 Å². The largest absolute Gasteiger partial charge is 0.481 e. The summed E-state index contributed by atoms with van der Waals surface area (Å²) in [4.78, 5) is 29.2. The number of carbonyl (C=O) groups is 2. The van der Waals surface area contributed by atoms with E-state index in [1.165, 1.54) is 30.3 Å². The minimum atomic E-state index is -0.492. The molecule has 0 radical (unpaired) electrons. The van der Waals surface area contributed by atoms with Gasteiger partial charge in [-0.3, -0.25) is 9.59 Å². The third kappa shape index (κ3) is 4.79. The number of halogens is 1. The lowest BCUT2D eigenvalue weighted by atomic mass is 10.2. The molecule has 1 atom stereocenters. The maximum absolute atomic E-state index is 13.5. The molecule has 2 amide bonds. The molecule has 7 nitrogen and oxygen atoms in total. The highest BCUT2D eigenvalue weighted by Gasteiger charge is 2.22. The van der Waals surface area contributed by atoms with Gasteiger partial charge in [0.1, 0.15) is 6.26 Å². The highest BCUT2D eigenvalue weighted by molar-refractivity contribution is 5.92. The van der Waals surface area contributed by atoms with Crippen LogP contribution in [0.1, 0.15) is 29.7 Å². The molecule has 0 aliphatic carbocycles. The molecule has 0 fully saturated rings. The molecule has 0 spiro atoms. The molecule has 8 heteroatoms. The second-order valence-electron chi connectivity index (χ2n) is 5.49. The number of aromatic nitrogens is 1. The summed E-state index contributed by atoms with van der Waals surface area (Å²) in [5.41, 5.74) is 0.0957. The van der Waals surface area contributed by atoms with Crippen LogP contribution in [0.4, 0.5) is 4.39 Å². The number of ether oxygens (including phenoxy) is 1. The first-order valence-corrected chi connectivity index (χ1v) is 7.71. The first kappa shape index (κ1) is 18.4. The number of hydrogen-bond acceptors (Lipinski definition) is 5. The smallest absolute Gasteiger partial charge is 0.275 e. The maximum Gasteiger partial charge on any atom is 0.275 e. The molecular weight excluding hydrogens is 329 g/mol. The summed E-state index contributed by atoms with van der Waals surface area (Å²) < 4.78 is 24.0.